The summed E-state index contributed by atoms with van der Waals surface area (Å²) in [5.41, 5.74) is 1.39. The lowest BCUT2D eigenvalue weighted by molar-refractivity contribution is -0.112. The number of benzene rings is 2. The smallest absolute Gasteiger partial charge is 0.269 e. The Morgan fingerprint density at radius 1 is 1.04 bits per heavy atom. The van der Waals surface area contributed by atoms with E-state index in [0.29, 0.717) is 36.5 Å². The van der Waals surface area contributed by atoms with Crippen molar-refractivity contribution in [2.24, 2.45) is 0 Å². The molecule has 0 saturated carbocycles. The molecule has 3 rings (SSSR count). The highest BCUT2D eigenvalue weighted by molar-refractivity contribution is 7.97. The average Bonchev–Trinajstić information content (AvgIpc) is 2.87. The van der Waals surface area contributed by atoms with Gasteiger partial charge >= 0.3 is 0 Å². The van der Waals surface area contributed by atoms with E-state index in [4.69, 9.17) is 4.74 Å². The number of carbonyl (C=O) groups excluding carboxylic acids is 1. The van der Waals surface area contributed by atoms with Crippen molar-refractivity contribution in [3.63, 3.8) is 0 Å². The molecule has 0 spiro atoms. The molecule has 7 heteroatoms. The highest BCUT2D eigenvalue weighted by Crippen LogP contribution is 2.38. The van der Waals surface area contributed by atoms with E-state index in [1.165, 1.54) is 6.07 Å². The summed E-state index contributed by atoms with van der Waals surface area (Å²) in [6.45, 7) is 1.04. The van der Waals surface area contributed by atoms with Crippen LogP contribution < -0.4 is 10.6 Å². The van der Waals surface area contributed by atoms with Gasteiger partial charge in [0.05, 0.1) is 10.6 Å². The van der Waals surface area contributed by atoms with Crippen molar-refractivity contribution in [2.75, 3.05) is 25.6 Å². The quantitative estimate of drug-likeness (QED) is 0.729. The number of rotatable bonds is 7. The molecular formula is C19H20N2O4S. The fourth-order valence-electron chi connectivity index (χ4n) is 2.82. The Morgan fingerprint density at radius 2 is 1.73 bits per heavy atom. The number of carbonyl (C=O) groups is 1. The van der Waals surface area contributed by atoms with Crippen LogP contribution in [-0.2, 0) is 19.4 Å². The lowest BCUT2D eigenvalue weighted by Crippen LogP contribution is -2.23. The number of hydrogen-bond donors (Lipinski definition) is 2. The van der Waals surface area contributed by atoms with Gasteiger partial charge in [-0.3, -0.25) is 4.79 Å². The predicted octanol–water partition coefficient (Wildman–Crippen LogP) is 2.41. The van der Waals surface area contributed by atoms with E-state index in [-0.39, 0.29) is 9.80 Å². The summed E-state index contributed by atoms with van der Waals surface area (Å²) in [4.78, 5) is 12.7. The highest BCUT2D eigenvalue weighted by Gasteiger charge is 2.39. The zero-order valence-electron chi connectivity index (χ0n) is 14.4. The first kappa shape index (κ1) is 18.2. The normalized spacial score (nSPS) is 14.8. The molecule has 0 bridgehead atoms. The minimum atomic E-state index is -3.88. The van der Waals surface area contributed by atoms with E-state index in [2.05, 4.69) is 10.6 Å². The van der Waals surface area contributed by atoms with Crippen LogP contribution in [0.3, 0.4) is 0 Å². The minimum Gasteiger partial charge on any atom is -0.385 e. The fraction of sp³-hybridized carbons (Fsp3) is 0.211. The molecule has 0 saturated heterocycles. The van der Waals surface area contributed by atoms with E-state index < -0.39 is 15.7 Å². The molecule has 6 nitrogen and oxygen atoms in total. The number of fused-ring (bicyclic) bond motifs is 1. The van der Waals surface area contributed by atoms with Crippen molar-refractivity contribution >= 4 is 27.1 Å². The van der Waals surface area contributed by atoms with Gasteiger partial charge in [-0.05, 0) is 24.6 Å². The number of ether oxygens (including phenoxy) is 1. The molecule has 1 aliphatic heterocycles. The van der Waals surface area contributed by atoms with E-state index in [0.717, 1.165) is 0 Å². The molecule has 2 aromatic rings. The maximum atomic E-state index is 12.9. The molecule has 0 aliphatic carbocycles. The van der Waals surface area contributed by atoms with Gasteiger partial charge in [-0.1, -0.05) is 36.4 Å². The summed E-state index contributed by atoms with van der Waals surface area (Å²) >= 11 is 0. The lowest BCUT2D eigenvalue weighted by Gasteiger charge is -2.11. The standard InChI is InChI=1S/C19H20N2O4S/c1-25-13-7-12-20-17-15-10-5-6-11-16(15)26(23,24)18(17)19(22)21-14-8-3-2-4-9-14/h2-6,8-11,20H,7,12-13H2,1H3,(H,21,22). The Balaban J connectivity index is 1.97. The number of para-hydroxylation sites is 1. The molecule has 1 amide bonds. The molecule has 1 aliphatic rings. The minimum absolute atomic E-state index is 0.146. The van der Waals surface area contributed by atoms with Crippen LogP contribution in [0.1, 0.15) is 12.0 Å². The molecule has 0 aromatic heterocycles. The van der Waals surface area contributed by atoms with Crippen molar-refractivity contribution in [2.45, 2.75) is 11.3 Å². The molecule has 0 fully saturated rings. The molecule has 2 N–H and O–H groups in total. The van der Waals surface area contributed by atoms with E-state index in [1.54, 1.807) is 49.6 Å². The van der Waals surface area contributed by atoms with E-state index in [9.17, 15) is 13.2 Å². The summed E-state index contributed by atoms with van der Waals surface area (Å²) in [5.74, 6) is -0.651. The summed E-state index contributed by atoms with van der Waals surface area (Å²) in [6.07, 6.45) is 0.690. The second kappa shape index (κ2) is 7.72. The number of methoxy groups -OCH3 is 1. The topological polar surface area (TPSA) is 84.5 Å². The van der Waals surface area contributed by atoms with E-state index in [1.807, 2.05) is 6.07 Å². The number of amides is 1. The summed E-state index contributed by atoms with van der Waals surface area (Å²) in [7, 11) is -2.28. The Bertz CT molecular complexity index is 937. The van der Waals surface area contributed by atoms with Crippen LogP contribution in [0.25, 0.3) is 5.70 Å². The molecular weight excluding hydrogens is 352 g/mol. The number of sulfone groups is 1. The number of anilines is 1. The monoisotopic (exact) mass is 372 g/mol. The first-order valence-electron chi connectivity index (χ1n) is 8.23. The molecule has 136 valence electrons. The summed E-state index contributed by atoms with van der Waals surface area (Å²) < 4.78 is 30.9. The summed E-state index contributed by atoms with van der Waals surface area (Å²) in [5, 5.41) is 5.77. The van der Waals surface area contributed by atoms with Crippen molar-refractivity contribution in [1.29, 1.82) is 0 Å². The zero-order chi connectivity index (χ0) is 18.6. The van der Waals surface area contributed by atoms with Gasteiger partial charge in [0.1, 0.15) is 0 Å². The van der Waals surface area contributed by atoms with Gasteiger partial charge in [-0.25, -0.2) is 8.42 Å². The molecule has 1 heterocycles. The van der Waals surface area contributed by atoms with Crippen molar-refractivity contribution in [3.8, 4) is 0 Å². The third kappa shape index (κ3) is 3.49. The van der Waals surface area contributed by atoms with Gasteiger partial charge in [0.25, 0.3) is 5.91 Å². The Hall–Kier alpha value is -2.64. The van der Waals surface area contributed by atoms with Crippen LogP contribution >= 0.6 is 0 Å². The SMILES string of the molecule is COCCCNC1=C(C(=O)Nc2ccccc2)S(=O)(=O)c2ccccc21. The Morgan fingerprint density at radius 3 is 2.46 bits per heavy atom. The van der Waals surface area contributed by atoms with E-state index >= 15 is 0 Å². The van der Waals surface area contributed by atoms with Gasteiger partial charge in [-0.2, -0.15) is 0 Å². The maximum Gasteiger partial charge on any atom is 0.269 e. The van der Waals surface area contributed by atoms with Crippen LogP contribution in [0.4, 0.5) is 5.69 Å². The second-order valence-electron chi connectivity index (χ2n) is 5.80. The molecule has 0 radical (unpaired) electrons. The van der Waals surface area contributed by atoms with Crippen LogP contribution in [0.15, 0.2) is 64.4 Å². The first-order valence-corrected chi connectivity index (χ1v) is 9.72. The van der Waals surface area contributed by atoms with Crippen LogP contribution in [-0.4, -0.2) is 34.6 Å². The Kier molecular flexibility index (Phi) is 5.39. The predicted molar refractivity (Wildman–Crippen MR) is 100 cm³/mol. The third-order valence-corrected chi connectivity index (χ3v) is 5.87. The van der Waals surface area contributed by atoms with Gasteiger partial charge in [0.15, 0.2) is 4.91 Å². The van der Waals surface area contributed by atoms with Gasteiger partial charge < -0.3 is 15.4 Å². The van der Waals surface area contributed by atoms with Crippen molar-refractivity contribution < 1.29 is 17.9 Å². The van der Waals surface area contributed by atoms with Crippen molar-refractivity contribution in [1.82, 2.24) is 5.32 Å². The molecule has 26 heavy (non-hydrogen) atoms. The maximum absolute atomic E-state index is 12.9. The molecule has 2 aromatic carbocycles. The van der Waals surface area contributed by atoms with Gasteiger partial charge in [-0.15, -0.1) is 0 Å². The lowest BCUT2D eigenvalue weighted by atomic mass is 10.1. The van der Waals surface area contributed by atoms with Crippen LogP contribution in [0, 0.1) is 0 Å². The first-order chi connectivity index (χ1) is 12.6. The summed E-state index contributed by atoms with van der Waals surface area (Å²) in [6, 6.07) is 15.4. The largest absolute Gasteiger partial charge is 0.385 e. The van der Waals surface area contributed by atoms with Crippen molar-refractivity contribution in [3.05, 3.63) is 65.1 Å². The van der Waals surface area contributed by atoms with Crippen LogP contribution in [0.2, 0.25) is 0 Å². The fourth-order valence-corrected chi connectivity index (χ4v) is 4.51. The third-order valence-electron chi connectivity index (χ3n) is 4.01. The second-order valence-corrected chi connectivity index (χ2v) is 7.65. The van der Waals surface area contributed by atoms with Crippen LogP contribution in [0.5, 0.6) is 0 Å². The van der Waals surface area contributed by atoms with Gasteiger partial charge in [0.2, 0.25) is 9.84 Å². The molecule has 0 atom stereocenters. The molecule has 0 unspecified atom stereocenters. The average molecular weight is 372 g/mol. The number of hydrogen-bond acceptors (Lipinski definition) is 5. The Labute approximate surface area is 152 Å². The zero-order valence-corrected chi connectivity index (χ0v) is 15.2. The van der Waals surface area contributed by atoms with Gasteiger partial charge in [0, 0.05) is 31.5 Å². The number of nitrogens with one attached hydrogen (secondary N) is 2. The highest BCUT2D eigenvalue weighted by atomic mass is 32.2.